The Balaban J connectivity index is 1.82. The predicted octanol–water partition coefficient (Wildman–Crippen LogP) is 1.62. The Bertz CT molecular complexity index is 394. The van der Waals surface area contributed by atoms with Gasteiger partial charge in [-0.3, -0.25) is 9.88 Å². The third-order valence-electron chi connectivity index (χ3n) is 3.87. The van der Waals surface area contributed by atoms with Gasteiger partial charge in [-0.1, -0.05) is 11.6 Å². The zero-order valence-corrected chi connectivity index (χ0v) is 12.2. The number of piperidine rings is 1. The average molecular weight is 284 g/mol. The normalized spacial score (nSPS) is 18.1. The van der Waals surface area contributed by atoms with Crippen molar-refractivity contribution in [3.63, 3.8) is 0 Å². The van der Waals surface area contributed by atoms with Crippen LogP contribution in [0.2, 0.25) is 5.02 Å². The molecule has 0 saturated carbocycles. The summed E-state index contributed by atoms with van der Waals surface area (Å²) >= 11 is 6.16. The maximum Gasteiger partial charge on any atom is 0.0558 e. The number of hydrogen-bond acceptors (Lipinski definition) is 4. The Kier molecular flexibility index (Phi) is 5.58. The van der Waals surface area contributed by atoms with E-state index in [2.05, 4.69) is 21.8 Å². The molecule has 0 aliphatic carbocycles. The first-order chi connectivity index (χ1) is 9.20. The Morgan fingerprint density at radius 3 is 2.84 bits per heavy atom. The van der Waals surface area contributed by atoms with Gasteiger partial charge in [-0.25, -0.2) is 0 Å². The van der Waals surface area contributed by atoms with E-state index in [1.54, 1.807) is 6.20 Å². The largest absolute Gasteiger partial charge is 0.395 e. The lowest BCUT2D eigenvalue weighted by Crippen LogP contribution is -2.43. The van der Waals surface area contributed by atoms with E-state index >= 15 is 0 Å². The molecule has 1 saturated heterocycles. The molecule has 106 valence electrons. The molecule has 1 fully saturated rings. The Hall–Kier alpha value is -0.680. The first-order valence-corrected chi connectivity index (χ1v) is 7.20. The van der Waals surface area contributed by atoms with Gasteiger partial charge in [0.2, 0.25) is 0 Å². The fraction of sp³-hybridized carbons (Fsp3) is 0.643. The second kappa shape index (κ2) is 7.20. The number of likely N-dealkylation sites (N-methyl/N-ethyl adjacent to an activating group) is 1. The van der Waals surface area contributed by atoms with Crippen molar-refractivity contribution in [3.8, 4) is 0 Å². The maximum atomic E-state index is 8.97. The summed E-state index contributed by atoms with van der Waals surface area (Å²) in [5.74, 6) is 0. The Morgan fingerprint density at radius 1 is 1.47 bits per heavy atom. The van der Waals surface area contributed by atoms with Crippen molar-refractivity contribution in [2.24, 2.45) is 0 Å². The van der Waals surface area contributed by atoms with Gasteiger partial charge in [0.15, 0.2) is 0 Å². The molecule has 1 aromatic rings. The SMILES string of the molecule is CN(CCO)C1CCN(Cc2cnccc2Cl)CC1. The summed E-state index contributed by atoms with van der Waals surface area (Å²) in [4.78, 5) is 8.81. The van der Waals surface area contributed by atoms with E-state index in [0.29, 0.717) is 6.04 Å². The van der Waals surface area contributed by atoms with Crippen LogP contribution in [-0.4, -0.2) is 59.2 Å². The molecule has 0 unspecified atom stereocenters. The smallest absolute Gasteiger partial charge is 0.0558 e. The first kappa shape index (κ1) is 14.7. The van der Waals surface area contributed by atoms with Crippen molar-refractivity contribution < 1.29 is 5.11 Å². The minimum Gasteiger partial charge on any atom is -0.395 e. The van der Waals surface area contributed by atoms with Crippen LogP contribution >= 0.6 is 11.6 Å². The average Bonchev–Trinajstić information content (AvgIpc) is 2.42. The quantitative estimate of drug-likeness (QED) is 0.891. The van der Waals surface area contributed by atoms with Crippen LogP contribution in [0.15, 0.2) is 18.5 Å². The molecule has 1 aliphatic rings. The van der Waals surface area contributed by atoms with Crippen LogP contribution in [0.4, 0.5) is 0 Å². The summed E-state index contributed by atoms with van der Waals surface area (Å²) in [5, 5.41) is 9.77. The lowest BCUT2D eigenvalue weighted by molar-refractivity contribution is 0.108. The van der Waals surface area contributed by atoms with E-state index in [4.69, 9.17) is 16.7 Å². The summed E-state index contributed by atoms with van der Waals surface area (Å²) in [7, 11) is 2.09. The molecule has 0 radical (unpaired) electrons. The molecule has 1 aromatic heterocycles. The fourth-order valence-electron chi connectivity index (χ4n) is 2.63. The Labute approximate surface area is 120 Å². The number of likely N-dealkylation sites (tertiary alicyclic amines) is 1. The predicted molar refractivity (Wildman–Crippen MR) is 77.3 cm³/mol. The topological polar surface area (TPSA) is 39.6 Å². The van der Waals surface area contributed by atoms with Crippen molar-refractivity contribution in [2.75, 3.05) is 33.3 Å². The van der Waals surface area contributed by atoms with E-state index in [-0.39, 0.29) is 6.61 Å². The zero-order valence-electron chi connectivity index (χ0n) is 11.4. The standard InChI is InChI=1S/C14H22ClN3O/c1-17(8-9-19)13-3-6-18(7-4-13)11-12-10-16-5-2-14(12)15/h2,5,10,13,19H,3-4,6-9,11H2,1H3. The van der Waals surface area contributed by atoms with Gasteiger partial charge in [-0.15, -0.1) is 0 Å². The van der Waals surface area contributed by atoms with Crippen molar-refractivity contribution in [1.29, 1.82) is 0 Å². The maximum absolute atomic E-state index is 8.97. The van der Waals surface area contributed by atoms with Crippen LogP contribution in [0, 0.1) is 0 Å². The van der Waals surface area contributed by atoms with E-state index in [0.717, 1.165) is 49.6 Å². The van der Waals surface area contributed by atoms with Crippen molar-refractivity contribution in [2.45, 2.75) is 25.4 Å². The first-order valence-electron chi connectivity index (χ1n) is 6.82. The number of aliphatic hydroxyl groups is 1. The molecule has 19 heavy (non-hydrogen) atoms. The van der Waals surface area contributed by atoms with Crippen LogP contribution in [0.5, 0.6) is 0 Å². The van der Waals surface area contributed by atoms with E-state index in [9.17, 15) is 0 Å². The molecule has 2 rings (SSSR count). The molecule has 0 amide bonds. The highest BCUT2D eigenvalue weighted by Gasteiger charge is 2.22. The summed E-state index contributed by atoms with van der Waals surface area (Å²) < 4.78 is 0. The van der Waals surface area contributed by atoms with Crippen LogP contribution < -0.4 is 0 Å². The lowest BCUT2D eigenvalue weighted by atomic mass is 10.0. The molecular formula is C14H22ClN3O. The van der Waals surface area contributed by atoms with Gasteiger partial charge in [0.1, 0.15) is 0 Å². The van der Waals surface area contributed by atoms with Crippen molar-refractivity contribution in [3.05, 3.63) is 29.0 Å². The van der Waals surface area contributed by atoms with Crippen molar-refractivity contribution in [1.82, 2.24) is 14.8 Å². The molecule has 2 heterocycles. The van der Waals surface area contributed by atoms with Gasteiger partial charge >= 0.3 is 0 Å². The number of nitrogens with zero attached hydrogens (tertiary/aromatic N) is 3. The molecule has 4 nitrogen and oxygen atoms in total. The second-order valence-electron chi connectivity index (χ2n) is 5.18. The number of pyridine rings is 1. The second-order valence-corrected chi connectivity index (χ2v) is 5.59. The van der Waals surface area contributed by atoms with Gasteiger partial charge in [0.25, 0.3) is 0 Å². The molecule has 0 aromatic carbocycles. The summed E-state index contributed by atoms with van der Waals surface area (Å²) in [5.41, 5.74) is 1.10. The number of rotatable bonds is 5. The molecule has 0 spiro atoms. The molecule has 1 N–H and O–H groups in total. The highest BCUT2D eigenvalue weighted by molar-refractivity contribution is 6.31. The van der Waals surface area contributed by atoms with Crippen molar-refractivity contribution >= 4 is 11.6 Å². The van der Waals surface area contributed by atoms with Gasteiger partial charge in [0.05, 0.1) is 6.61 Å². The van der Waals surface area contributed by atoms with Crippen LogP contribution in [0.3, 0.4) is 0 Å². The summed E-state index contributed by atoms with van der Waals surface area (Å²) in [6, 6.07) is 2.44. The highest BCUT2D eigenvalue weighted by atomic mass is 35.5. The Morgan fingerprint density at radius 2 is 2.21 bits per heavy atom. The minimum atomic E-state index is 0.238. The van der Waals surface area contributed by atoms with Gasteiger partial charge < -0.3 is 10.0 Å². The fourth-order valence-corrected chi connectivity index (χ4v) is 2.79. The highest BCUT2D eigenvalue weighted by Crippen LogP contribution is 2.20. The van der Waals surface area contributed by atoms with Crippen LogP contribution in [0.1, 0.15) is 18.4 Å². The third-order valence-corrected chi connectivity index (χ3v) is 4.24. The minimum absolute atomic E-state index is 0.238. The van der Waals surface area contributed by atoms with E-state index in [1.165, 1.54) is 0 Å². The third kappa shape index (κ3) is 4.14. The zero-order chi connectivity index (χ0) is 13.7. The number of halogens is 1. The van der Waals surface area contributed by atoms with Gasteiger partial charge in [0, 0.05) is 42.1 Å². The molecular weight excluding hydrogens is 262 g/mol. The number of aromatic nitrogens is 1. The van der Waals surface area contributed by atoms with Gasteiger partial charge in [-0.2, -0.15) is 0 Å². The van der Waals surface area contributed by atoms with Crippen LogP contribution in [-0.2, 0) is 6.54 Å². The van der Waals surface area contributed by atoms with E-state index < -0.39 is 0 Å². The molecule has 5 heteroatoms. The molecule has 0 atom stereocenters. The number of aliphatic hydroxyl groups excluding tert-OH is 1. The summed E-state index contributed by atoms with van der Waals surface area (Å²) in [6.45, 7) is 4.03. The van der Waals surface area contributed by atoms with Crippen LogP contribution in [0.25, 0.3) is 0 Å². The van der Waals surface area contributed by atoms with Gasteiger partial charge in [-0.05, 0) is 39.0 Å². The molecule has 1 aliphatic heterocycles. The lowest BCUT2D eigenvalue weighted by Gasteiger charge is -2.36. The monoisotopic (exact) mass is 283 g/mol. The van der Waals surface area contributed by atoms with E-state index in [1.807, 2.05) is 12.3 Å². The number of hydrogen-bond donors (Lipinski definition) is 1. The summed E-state index contributed by atoms with van der Waals surface area (Å²) in [6.07, 6.45) is 5.87. The molecule has 0 bridgehead atoms.